The van der Waals surface area contributed by atoms with Gasteiger partial charge in [0, 0.05) is 25.1 Å². The lowest BCUT2D eigenvalue weighted by atomic mass is 9.95. The summed E-state index contributed by atoms with van der Waals surface area (Å²) in [6, 6.07) is 6.80. The molecule has 132 valence electrons. The molecule has 2 amide bonds. The molecule has 24 heavy (non-hydrogen) atoms. The minimum absolute atomic E-state index is 0.00539. The largest absolute Gasteiger partial charge is 0.496 e. The Morgan fingerprint density at radius 3 is 2.75 bits per heavy atom. The fourth-order valence-electron chi connectivity index (χ4n) is 2.79. The number of likely N-dealkylation sites (tertiary alicyclic amines) is 1. The lowest BCUT2D eigenvalue weighted by Gasteiger charge is -2.33. The van der Waals surface area contributed by atoms with Crippen LogP contribution in [0.5, 0.6) is 5.75 Å². The average molecular weight is 336 g/mol. The van der Waals surface area contributed by atoms with Crippen LogP contribution in [0.3, 0.4) is 0 Å². The van der Waals surface area contributed by atoms with Crippen LogP contribution in [0.1, 0.15) is 18.4 Å². The number of aliphatic hydroxyl groups excluding tert-OH is 2. The highest BCUT2D eigenvalue weighted by atomic mass is 16.5. The lowest BCUT2D eigenvalue weighted by molar-refractivity contribution is -0.139. The first-order chi connectivity index (χ1) is 11.6. The van der Waals surface area contributed by atoms with Crippen molar-refractivity contribution in [3.05, 3.63) is 29.8 Å². The fourth-order valence-corrected chi connectivity index (χ4v) is 2.79. The molecule has 0 aromatic heterocycles. The van der Waals surface area contributed by atoms with E-state index in [1.807, 2.05) is 24.3 Å². The van der Waals surface area contributed by atoms with Crippen molar-refractivity contribution in [2.24, 2.45) is 5.92 Å². The minimum atomic E-state index is -0.669. The Hall–Kier alpha value is -2.12. The Morgan fingerprint density at radius 1 is 1.38 bits per heavy atom. The summed E-state index contributed by atoms with van der Waals surface area (Å²) < 4.78 is 5.31. The van der Waals surface area contributed by atoms with Gasteiger partial charge in [-0.3, -0.25) is 9.59 Å². The number of nitrogens with one attached hydrogen (secondary N) is 1. The average Bonchev–Trinajstić information content (AvgIpc) is 2.61. The van der Waals surface area contributed by atoms with Gasteiger partial charge in [0.25, 0.3) is 0 Å². The third-order valence-corrected chi connectivity index (χ3v) is 4.21. The number of benzene rings is 1. The van der Waals surface area contributed by atoms with E-state index < -0.39 is 6.04 Å². The van der Waals surface area contributed by atoms with E-state index >= 15 is 0 Å². The molecule has 1 aliphatic heterocycles. The van der Waals surface area contributed by atoms with E-state index in [1.165, 1.54) is 0 Å². The van der Waals surface area contributed by atoms with Crippen molar-refractivity contribution in [2.75, 3.05) is 26.9 Å². The molecule has 0 bridgehead atoms. The molecule has 7 heteroatoms. The monoisotopic (exact) mass is 336 g/mol. The molecule has 0 radical (unpaired) electrons. The van der Waals surface area contributed by atoms with E-state index in [4.69, 9.17) is 14.9 Å². The highest BCUT2D eigenvalue weighted by Crippen LogP contribution is 2.24. The summed E-state index contributed by atoms with van der Waals surface area (Å²) >= 11 is 0. The van der Waals surface area contributed by atoms with Gasteiger partial charge in [-0.05, 0) is 12.5 Å². The van der Waals surface area contributed by atoms with Crippen molar-refractivity contribution in [3.8, 4) is 5.75 Å². The zero-order chi connectivity index (χ0) is 17.5. The second-order valence-electron chi connectivity index (χ2n) is 5.89. The predicted molar refractivity (Wildman–Crippen MR) is 87.2 cm³/mol. The number of carbonyl (C=O) groups excluding carboxylic acids is 2. The second kappa shape index (κ2) is 8.65. The van der Waals surface area contributed by atoms with Gasteiger partial charge >= 0.3 is 0 Å². The third kappa shape index (κ3) is 4.46. The fraction of sp³-hybridized carbons (Fsp3) is 0.529. The molecule has 7 nitrogen and oxygen atoms in total. The molecular weight excluding hydrogens is 312 g/mol. The molecule has 1 heterocycles. The molecule has 0 unspecified atom stereocenters. The van der Waals surface area contributed by atoms with Crippen LogP contribution in [0.4, 0.5) is 0 Å². The van der Waals surface area contributed by atoms with Gasteiger partial charge in [0.15, 0.2) is 0 Å². The maximum atomic E-state index is 12.3. The summed E-state index contributed by atoms with van der Waals surface area (Å²) in [4.78, 5) is 26.1. The van der Waals surface area contributed by atoms with E-state index in [9.17, 15) is 9.59 Å². The summed E-state index contributed by atoms with van der Waals surface area (Å²) in [6.45, 7) is 0.0555. The molecular formula is C17H24N2O5. The molecule has 1 atom stereocenters. The molecule has 2 rings (SSSR count). The van der Waals surface area contributed by atoms with Crippen molar-refractivity contribution >= 4 is 11.8 Å². The molecule has 3 N–H and O–H groups in total. The Morgan fingerprint density at radius 2 is 2.08 bits per heavy atom. The van der Waals surface area contributed by atoms with Crippen molar-refractivity contribution < 1.29 is 24.5 Å². The van der Waals surface area contributed by atoms with Crippen LogP contribution in [-0.4, -0.2) is 59.8 Å². The smallest absolute Gasteiger partial charge is 0.225 e. The van der Waals surface area contributed by atoms with Gasteiger partial charge in [0.1, 0.15) is 5.75 Å². The van der Waals surface area contributed by atoms with E-state index in [0.29, 0.717) is 31.7 Å². The van der Waals surface area contributed by atoms with Gasteiger partial charge in [-0.25, -0.2) is 0 Å². The van der Waals surface area contributed by atoms with Gasteiger partial charge in [0.2, 0.25) is 11.8 Å². The predicted octanol–water partition coefficient (Wildman–Crippen LogP) is -0.0968. The number of piperidine rings is 1. The molecule has 1 aromatic rings. The molecule has 1 aliphatic rings. The molecule has 1 saturated heterocycles. The number of nitrogens with zero attached hydrogens (tertiary/aromatic N) is 1. The van der Waals surface area contributed by atoms with Crippen molar-refractivity contribution in [1.29, 1.82) is 0 Å². The number of carbonyl (C=O) groups is 2. The van der Waals surface area contributed by atoms with Crippen LogP contribution in [0, 0.1) is 5.92 Å². The quantitative estimate of drug-likeness (QED) is 0.646. The van der Waals surface area contributed by atoms with Gasteiger partial charge in [0.05, 0.1) is 32.3 Å². The van der Waals surface area contributed by atoms with Gasteiger partial charge < -0.3 is 25.2 Å². The molecule has 0 spiro atoms. The molecule has 0 saturated carbocycles. The van der Waals surface area contributed by atoms with Crippen molar-refractivity contribution in [1.82, 2.24) is 10.2 Å². The normalized spacial score (nSPS) is 17.9. The van der Waals surface area contributed by atoms with Crippen LogP contribution < -0.4 is 10.1 Å². The first-order valence-electron chi connectivity index (χ1n) is 8.00. The zero-order valence-electron chi connectivity index (χ0n) is 13.8. The van der Waals surface area contributed by atoms with E-state index in [-0.39, 0.29) is 30.9 Å². The van der Waals surface area contributed by atoms with Crippen LogP contribution in [0.2, 0.25) is 0 Å². The van der Waals surface area contributed by atoms with E-state index in [1.54, 1.807) is 12.0 Å². The number of ether oxygens (including phenoxy) is 1. The Labute approximate surface area is 141 Å². The number of hydrogen-bond acceptors (Lipinski definition) is 5. The first kappa shape index (κ1) is 18.2. The van der Waals surface area contributed by atoms with Crippen molar-refractivity contribution in [3.63, 3.8) is 0 Å². The van der Waals surface area contributed by atoms with Crippen LogP contribution in [0.25, 0.3) is 0 Å². The van der Waals surface area contributed by atoms with Gasteiger partial charge in [-0.15, -0.1) is 0 Å². The van der Waals surface area contributed by atoms with Gasteiger partial charge in [-0.2, -0.15) is 0 Å². The highest BCUT2D eigenvalue weighted by Gasteiger charge is 2.31. The van der Waals surface area contributed by atoms with Crippen LogP contribution in [0.15, 0.2) is 24.3 Å². The number of amides is 2. The number of hydrogen-bond donors (Lipinski definition) is 3. The number of para-hydroxylation sites is 1. The second-order valence-corrected chi connectivity index (χ2v) is 5.89. The van der Waals surface area contributed by atoms with Crippen molar-refractivity contribution in [2.45, 2.75) is 25.4 Å². The van der Waals surface area contributed by atoms with E-state index in [2.05, 4.69) is 5.32 Å². The summed E-state index contributed by atoms with van der Waals surface area (Å²) in [7, 11) is 1.58. The van der Waals surface area contributed by atoms with Crippen LogP contribution in [-0.2, 0) is 16.1 Å². The lowest BCUT2D eigenvalue weighted by Crippen LogP contribution is -2.49. The van der Waals surface area contributed by atoms with E-state index in [0.717, 1.165) is 5.56 Å². The Balaban J connectivity index is 2.02. The summed E-state index contributed by atoms with van der Waals surface area (Å²) in [5.41, 5.74) is 0.887. The SMILES string of the molecule is COc1ccccc1CN1C[C@@H](C(=O)NC(CO)CO)CCC1=O. The maximum Gasteiger partial charge on any atom is 0.225 e. The maximum absolute atomic E-state index is 12.3. The highest BCUT2D eigenvalue weighted by molar-refractivity contribution is 5.84. The minimum Gasteiger partial charge on any atom is -0.496 e. The summed E-state index contributed by atoms with van der Waals surface area (Å²) in [5.74, 6) is 0.113. The third-order valence-electron chi connectivity index (χ3n) is 4.21. The Kier molecular flexibility index (Phi) is 6.57. The number of aliphatic hydroxyl groups is 2. The summed E-state index contributed by atoms with van der Waals surface area (Å²) in [6.07, 6.45) is 0.771. The summed E-state index contributed by atoms with van der Waals surface area (Å²) in [5, 5.41) is 20.7. The molecule has 1 fully saturated rings. The standard InChI is InChI=1S/C17H24N2O5/c1-24-15-5-3-2-4-12(15)8-19-9-13(6-7-16(19)22)17(23)18-14(10-20)11-21/h2-5,13-14,20-21H,6-11H2,1H3,(H,18,23)/t13-/m0/s1. The van der Waals surface area contributed by atoms with Crippen LogP contribution >= 0.6 is 0 Å². The topological polar surface area (TPSA) is 99.1 Å². The molecule has 0 aliphatic carbocycles. The zero-order valence-corrected chi connectivity index (χ0v) is 13.8. The number of rotatable bonds is 7. The van der Waals surface area contributed by atoms with Gasteiger partial charge in [-0.1, -0.05) is 18.2 Å². The number of methoxy groups -OCH3 is 1. The molecule has 1 aromatic carbocycles. The Bertz CT molecular complexity index is 574. The first-order valence-corrected chi connectivity index (χ1v) is 8.00.